The van der Waals surface area contributed by atoms with Crippen molar-refractivity contribution in [3.05, 3.63) is 48.7 Å². The molecule has 0 atom stereocenters. The Hall–Kier alpha value is -2.69. The summed E-state index contributed by atoms with van der Waals surface area (Å²) in [5.74, 6) is 0.924. The molecule has 100 valence electrons. The van der Waals surface area contributed by atoms with E-state index in [0.717, 1.165) is 11.3 Å². The summed E-state index contributed by atoms with van der Waals surface area (Å²) in [5.41, 5.74) is 2.69. The van der Waals surface area contributed by atoms with Crippen LogP contribution in [0.4, 0.5) is 5.69 Å². The first kappa shape index (κ1) is 12.3. The van der Waals surface area contributed by atoms with Gasteiger partial charge in [0.2, 0.25) is 5.89 Å². The van der Waals surface area contributed by atoms with Gasteiger partial charge in [0.15, 0.2) is 0 Å². The number of benzene rings is 1. The quantitative estimate of drug-likeness (QED) is 0.729. The number of rotatable bonds is 3. The molecule has 0 saturated carbocycles. The minimum absolute atomic E-state index is 0.428. The molecule has 1 aromatic carbocycles. The van der Waals surface area contributed by atoms with Gasteiger partial charge in [-0.15, -0.1) is 10.2 Å². The van der Waals surface area contributed by atoms with E-state index in [2.05, 4.69) is 15.2 Å². The van der Waals surface area contributed by atoms with Crippen molar-refractivity contribution in [2.45, 2.75) is 0 Å². The molecule has 5 nitrogen and oxygen atoms in total. The highest BCUT2D eigenvalue weighted by Crippen LogP contribution is 2.24. The number of anilines is 1. The molecule has 2 heterocycles. The van der Waals surface area contributed by atoms with Gasteiger partial charge in [0, 0.05) is 31.5 Å². The molecule has 5 heteroatoms. The van der Waals surface area contributed by atoms with Crippen LogP contribution < -0.4 is 4.90 Å². The number of nitrogens with zero attached hydrogens (tertiary/aromatic N) is 4. The van der Waals surface area contributed by atoms with Gasteiger partial charge in [-0.05, 0) is 36.4 Å². The minimum atomic E-state index is 0.428. The highest BCUT2D eigenvalue weighted by atomic mass is 16.4. The van der Waals surface area contributed by atoms with E-state index in [0.29, 0.717) is 17.5 Å². The monoisotopic (exact) mass is 266 g/mol. The van der Waals surface area contributed by atoms with Gasteiger partial charge in [0.05, 0.1) is 0 Å². The first-order chi connectivity index (χ1) is 9.74. The molecule has 2 aromatic heterocycles. The smallest absolute Gasteiger partial charge is 0.266 e. The lowest BCUT2D eigenvalue weighted by Crippen LogP contribution is -2.07. The SMILES string of the molecule is CN(C)c1ccc(-c2nnc(-c3ccccn3)o2)cc1. The van der Waals surface area contributed by atoms with E-state index in [1.165, 1.54) is 0 Å². The minimum Gasteiger partial charge on any atom is -0.415 e. The van der Waals surface area contributed by atoms with E-state index < -0.39 is 0 Å². The zero-order chi connectivity index (χ0) is 13.9. The molecule has 20 heavy (non-hydrogen) atoms. The summed E-state index contributed by atoms with van der Waals surface area (Å²) in [6.07, 6.45) is 1.70. The molecule has 0 unspecified atom stereocenters. The van der Waals surface area contributed by atoms with E-state index in [1.54, 1.807) is 6.20 Å². The summed E-state index contributed by atoms with van der Waals surface area (Å²) < 4.78 is 5.66. The first-order valence-electron chi connectivity index (χ1n) is 6.27. The van der Waals surface area contributed by atoms with Crippen LogP contribution in [0.15, 0.2) is 53.1 Å². The largest absolute Gasteiger partial charge is 0.415 e. The zero-order valence-corrected chi connectivity index (χ0v) is 11.3. The fraction of sp³-hybridized carbons (Fsp3) is 0.133. The molecule has 3 rings (SSSR count). The lowest BCUT2D eigenvalue weighted by molar-refractivity contribution is 0.582. The third kappa shape index (κ3) is 2.38. The molecular formula is C15H14N4O. The first-order valence-corrected chi connectivity index (χ1v) is 6.27. The van der Waals surface area contributed by atoms with E-state index >= 15 is 0 Å². The van der Waals surface area contributed by atoms with Crippen molar-refractivity contribution in [3.8, 4) is 23.0 Å². The number of aromatic nitrogens is 3. The van der Waals surface area contributed by atoms with Crippen LogP contribution in [-0.2, 0) is 0 Å². The van der Waals surface area contributed by atoms with Crippen molar-refractivity contribution in [1.29, 1.82) is 0 Å². The number of hydrogen-bond donors (Lipinski definition) is 0. The van der Waals surface area contributed by atoms with Crippen molar-refractivity contribution in [3.63, 3.8) is 0 Å². The van der Waals surface area contributed by atoms with Crippen LogP contribution in [0.5, 0.6) is 0 Å². The predicted octanol–water partition coefficient (Wildman–Crippen LogP) is 2.86. The Labute approximate surface area is 116 Å². The second kappa shape index (κ2) is 5.13. The van der Waals surface area contributed by atoms with Crippen molar-refractivity contribution >= 4 is 5.69 Å². The number of pyridine rings is 1. The van der Waals surface area contributed by atoms with Gasteiger partial charge < -0.3 is 9.32 Å². The van der Waals surface area contributed by atoms with Crippen LogP contribution in [0.25, 0.3) is 23.0 Å². The second-order valence-electron chi connectivity index (χ2n) is 4.57. The van der Waals surface area contributed by atoms with Gasteiger partial charge >= 0.3 is 0 Å². The molecule has 0 fully saturated rings. The summed E-state index contributed by atoms with van der Waals surface area (Å²) in [6.45, 7) is 0. The molecule has 0 N–H and O–H groups in total. The third-order valence-electron chi connectivity index (χ3n) is 2.94. The molecular weight excluding hydrogens is 252 g/mol. The maximum absolute atomic E-state index is 5.66. The maximum atomic E-state index is 5.66. The van der Waals surface area contributed by atoms with Crippen LogP contribution in [-0.4, -0.2) is 29.3 Å². The average molecular weight is 266 g/mol. The second-order valence-corrected chi connectivity index (χ2v) is 4.57. The molecule has 0 amide bonds. The maximum Gasteiger partial charge on any atom is 0.266 e. The third-order valence-corrected chi connectivity index (χ3v) is 2.94. The highest BCUT2D eigenvalue weighted by molar-refractivity contribution is 5.60. The van der Waals surface area contributed by atoms with Gasteiger partial charge in [-0.25, -0.2) is 0 Å². The summed E-state index contributed by atoms with van der Waals surface area (Å²) in [4.78, 5) is 6.23. The van der Waals surface area contributed by atoms with Crippen LogP contribution >= 0.6 is 0 Å². The predicted molar refractivity (Wildman–Crippen MR) is 77.3 cm³/mol. The lowest BCUT2D eigenvalue weighted by Gasteiger charge is -2.11. The normalized spacial score (nSPS) is 10.5. The Balaban J connectivity index is 1.90. The molecule has 3 aromatic rings. The lowest BCUT2D eigenvalue weighted by atomic mass is 10.2. The molecule has 0 aliphatic heterocycles. The molecule has 0 radical (unpaired) electrons. The Morgan fingerprint density at radius 2 is 1.65 bits per heavy atom. The summed E-state index contributed by atoms with van der Waals surface area (Å²) in [5, 5.41) is 8.10. The molecule has 0 saturated heterocycles. The van der Waals surface area contributed by atoms with Gasteiger partial charge in [0.25, 0.3) is 5.89 Å². The Kier molecular flexibility index (Phi) is 3.16. The fourth-order valence-electron chi connectivity index (χ4n) is 1.83. The van der Waals surface area contributed by atoms with Crippen molar-refractivity contribution in [2.75, 3.05) is 19.0 Å². The molecule has 0 aliphatic rings. The van der Waals surface area contributed by atoms with Crippen molar-refractivity contribution < 1.29 is 4.42 Å². The van der Waals surface area contributed by atoms with E-state index in [4.69, 9.17) is 4.42 Å². The topological polar surface area (TPSA) is 55.1 Å². The number of hydrogen-bond acceptors (Lipinski definition) is 5. The van der Waals surface area contributed by atoms with Gasteiger partial charge in [0.1, 0.15) is 5.69 Å². The van der Waals surface area contributed by atoms with Crippen molar-refractivity contribution in [1.82, 2.24) is 15.2 Å². The van der Waals surface area contributed by atoms with Crippen LogP contribution in [0.1, 0.15) is 0 Å². The Bertz CT molecular complexity index is 689. The summed E-state index contributed by atoms with van der Waals surface area (Å²) in [7, 11) is 4.00. The van der Waals surface area contributed by atoms with Crippen LogP contribution in [0.2, 0.25) is 0 Å². The van der Waals surface area contributed by atoms with Gasteiger partial charge in [-0.2, -0.15) is 0 Å². The van der Waals surface area contributed by atoms with Crippen LogP contribution in [0, 0.1) is 0 Å². The summed E-state index contributed by atoms with van der Waals surface area (Å²) >= 11 is 0. The van der Waals surface area contributed by atoms with Gasteiger partial charge in [-0.1, -0.05) is 6.07 Å². The van der Waals surface area contributed by atoms with Gasteiger partial charge in [-0.3, -0.25) is 4.98 Å². The Morgan fingerprint density at radius 1 is 0.900 bits per heavy atom. The molecule has 0 bridgehead atoms. The summed E-state index contributed by atoms with van der Waals surface area (Å²) in [6, 6.07) is 13.5. The highest BCUT2D eigenvalue weighted by Gasteiger charge is 2.11. The average Bonchev–Trinajstić information content (AvgIpc) is 2.98. The molecule has 0 spiro atoms. The van der Waals surface area contributed by atoms with E-state index in [-0.39, 0.29) is 0 Å². The van der Waals surface area contributed by atoms with Crippen molar-refractivity contribution in [2.24, 2.45) is 0 Å². The zero-order valence-electron chi connectivity index (χ0n) is 11.3. The standard InChI is InChI=1S/C15H14N4O/c1-19(2)12-8-6-11(7-9-12)14-17-18-15(20-14)13-5-3-4-10-16-13/h3-10H,1-2H3. The fourth-order valence-corrected chi connectivity index (χ4v) is 1.83. The Morgan fingerprint density at radius 3 is 2.30 bits per heavy atom. The molecule has 0 aliphatic carbocycles. The van der Waals surface area contributed by atoms with E-state index in [9.17, 15) is 0 Å². The van der Waals surface area contributed by atoms with E-state index in [1.807, 2.05) is 61.5 Å². The van der Waals surface area contributed by atoms with Crippen LogP contribution in [0.3, 0.4) is 0 Å².